The first-order valence-electron chi connectivity index (χ1n) is 16.2. The van der Waals surface area contributed by atoms with Crippen LogP contribution >= 0.6 is 0 Å². The van der Waals surface area contributed by atoms with E-state index in [1.807, 2.05) is 84.9 Å². The molecule has 8 rings (SSSR count). The number of hydrazone groups is 2. The zero-order valence-corrected chi connectivity index (χ0v) is 32.4. The minimum absolute atomic E-state index is 0. The van der Waals surface area contributed by atoms with E-state index in [2.05, 4.69) is 21.1 Å². The van der Waals surface area contributed by atoms with E-state index in [1.54, 1.807) is 0 Å². The maximum atomic E-state index is 12.7. The fourth-order valence-corrected chi connectivity index (χ4v) is 7.46. The van der Waals surface area contributed by atoms with Gasteiger partial charge in [-0.25, -0.2) is 16.8 Å². The molecule has 6 aromatic rings. The van der Waals surface area contributed by atoms with Crippen LogP contribution in [0.4, 0.5) is 11.4 Å². The van der Waals surface area contributed by atoms with E-state index < -0.39 is 41.6 Å². The molecule has 0 unspecified atom stereocenters. The van der Waals surface area contributed by atoms with Gasteiger partial charge in [-0.2, -0.15) is 10.2 Å². The average Bonchev–Trinajstić information content (AvgIpc) is 3.16. The zero-order valence-electron chi connectivity index (χ0n) is 28.5. The maximum Gasteiger partial charge on any atom is 2.00 e. The predicted octanol–water partition coefficient (Wildman–Crippen LogP) is 6.46. The van der Waals surface area contributed by atoms with Crippen molar-refractivity contribution < 1.29 is 35.5 Å². The van der Waals surface area contributed by atoms with Gasteiger partial charge in [0.25, 0.3) is 0 Å². The van der Waals surface area contributed by atoms with Crippen LogP contribution < -0.4 is 10.9 Å². The Labute approximate surface area is 345 Å². The average molecular weight is 795 g/mol. The summed E-state index contributed by atoms with van der Waals surface area (Å²) in [5.74, 6) is -0.906. The van der Waals surface area contributed by atoms with E-state index in [-0.39, 0.29) is 71.4 Å². The van der Waals surface area contributed by atoms with Gasteiger partial charge in [0.15, 0.2) is 0 Å². The van der Waals surface area contributed by atoms with Crippen LogP contribution in [0.25, 0.3) is 33.7 Å². The van der Waals surface area contributed by atoms with Gasteiger partial charge in [0, 0.05) is 33.0 Å². The van der Waals surface area contributed by atoms with E-state index in [0.29, 0.717) is 0 Å². The number of anilines is 2. The molecule has 0 aromatic heterocycles. The normalized spacial score (nSPS) is 14.9. The molecule has 0 bridgehead atoms. The number of rotatable bonds is 6. The van der Waals surface area contributed by atoms with Crippen LogP contribution in [0.3, 0.4) is 0 Å². The molecule has 2 aliphatic rings. The van der Waals surface area contributed by atoms with Crippen molar-refractivity contribution in [2.45, 2.75) is 9.79 Å². The Kier molecular flexibility index (Phi) is 11.6. The Morgan fingerprint density at radius 1 is 0.455 bits per heavy atom. The molecule has 15 heteroatoms. The molecule has 0 amide bonds. The first-order valence-corrected chi connectivity index (χ1v) is 19.0. The number of fused-ring (bicyclic) bond motifs is 4. The minimum Gasteiger partial charge on any atom is -0.744 e. The molecule has 2 aliphatic carbocycles. The molecular formula is C40H26CaN4O8S2. The number of Topliss-reactive ketones (excluding diaryl/α,β-unsaturated/α-hetero) is 2. The van der Waals surface area contributed by atoms with Crippen molar-refractivity contribution in [2.75, 3.05) is 10.9 Å². The number of hydrogen-bond acceptors (Lipinski definition) is 12. The van der Waals surface area contributed by atoms with Gasteiger partial charge in [-0.1, -0.05) is 109 Å². The van der Waals surface area contributed by atoms with Crippen molar-refractivity contribution in [3.05, 3.63) is 156 Å². The molecular weight excluding hydrogens is 769 g/mol. The number of benzene rings is 6. The summed E-state index contributed by atoms with van der Waals surface area (Å²) < 4.78 is 68.3. The summed E-state index contributed by atoms with van der Waals surface area (Å²) in [6, 6.07) is 35.0. The van der Waals surface area contributed by atoms with Gasteiger partial charge in [-0.05, 0) is 47.2 Å². The molecule has 0 saturated carbocycles. The molecule has 0 atom stereocenters. The molecule has 2 N–H and O–H groups in total. The fourth-order valence-electron chi connectivity index (χ4n) is 6.08. The molecule has 12 nitrogen and oxygen atoms in total. The molecule has 0 aliphatic heterocycles. The second-order valence-electron chi connectivity index (χ2n) is 11.9. The third-order valence-electron chi connectivity index (χ3n) is 8.61. The van der Waals surface area contributed by atoms with Gasteiger partial charge in [0.2, 0.25) is 11.6 Å². The summed E-state index contributed by atoms with van der Waals surface area (Å²) >= 11 is 0. The zero-order chi connectivity index (χ0) is 38.0. The van der Waals surface area contributed by atoms with Crippen LogP contribution in [0.1, 0.15) is 31.8 Å². The van der Waals surface area contributed by atoms with Crippen LogP contribution in [-0.2, 0) is 20.2 Å². The summed E-state index contributed by atoms with van der Waals surface area (Å²) in [6.07, 6.45) is 5.64. The quantitative estimate of drug-likeness (QED) is 0.107. The molecule has 55 heavy (non-hydrogen) atoms. The van der Waals surface area contributed by atoms with Crippen molar-refractivity contribution in [3.8, 4) is 0 Å². The standard InChI is InChI=1S/2C20H14N2O4S.Ca/c2*23-20-16-8-4-10-19(27(24,25)26)15(16)11-12-18(20)22-21-17-9-3-6-13-5-1-2-7-14(13)17;/h2*1-12,21H,(H,24,25,26);/q;;+2/p-2/b2*22-18+;. The topological polar surface area (TPSA) is 197 Å². The molecule has 0 spiro atoms. The minimum atomic E-state index is -4.67. The second-order valence-corrected chi connectivity index (χ2v) is 14.6. The Hall–Kier alpha value is -5.32. The van der Waals surface area contributed by atoms with Gasteiger partial charge in [0.05, 0.1) is 21.2 Å². The van der Waals surface area contributed by atoms with Crippen LogP contribution in [0.2, 0.25) is 0 Å². The number of nitrogens with one attached hydrogen (secondary N) is 2. The van der Waals surface area contributed by atoms with Gasteiger partial charge in [-0.15, -0.1) is 0 Å². The maximum absolute atomic E-state index is 12.7. The van der Waals surface area contributed by atoms with E-state index in [4.69, 9.17) is 0 Å². The Balaban J connectivity index is 0.000000184. The van der Waals surface area contributed by atoms with Crippen LogP contribution in [-0.4, -0.2) is 86.7 Å². The van der Waals surface area contributed by atoms with E-state index >= 15 is 0 Å². The number of nitrogens with zero attached hydrogens (tertiary/aromatic N) is 2. The van der Waals surface area contributed by atoms with Crippen molar-refractivity contribution in [3.63, 3.8) is 0 Å². The molecule has 0 heterocycles. The smallest absolute Gasteiger partial charge is 0.744 e. The van der Waals surface area contributed by atoms with Crippen molar-refractivity contribution in [2.24, 2.45) is 10.2 Å². The molecule has 0 fully saturated rings. The third kappa shape index (κ3) is 8.35. The first kappa shape index (κ1) is 39.4. The van der Waals surface area contributed by atoms with Crippen molar-refractivity contribution in [1.82, 2.24) is 0 Å². The number of carbonyl (C=O) groups excluding carboxylic acids is 2. The van der Waals surface area contributed by atoms with Gasteiger partial charge < -0.3 is 9.11 Å². The number of hydrogen-bond donors (Lipinski definition) is 2. The third-order valence-corrected chi connectivity index (χ3v) is 10.4. The van der Waals surface area contributed by atoms with E-state index in [1.165, 1.54) is 60.7 Å². The Morgan fingerprint density at radius 2 is 0.818 bits per heavy atom. The van der Waals surface area contributed by atoms with Crippen LogP contribution in [0.5, 0.6) is 0 Å². The molecule has 0 radical (unpaired) electrons. The van der Waals surface area contributed by atoms with Gasteiger partial charge in [-0.3, -0.25) is 20.4 Å². The summed E-state index contributed by atoms with van der Waals surface area (Å²) in [5, 5.41) is 12.3. The number of ketones is 2. The van der Waals surface area contributed by atoms with E-state index in [0.717, 1.165) is 32.9 Å². The van der Waals surface area contributed by atoms with Gasteiger partial charge >= 0.3 is 37.7 Å². The summed E-state index contributed by atoms with van der Waals surface area (Å²) in [7, 11) is -9.35. The van der Waals surface area contributed by atoms with Gasteiger partial charge in [0.1, 0.15) is 31.7 Å². The Morgan fingerprint density at radius 3 is 1.22 bits per heavy atom. The second kappa shape index (κ2) is 16.2. The summed E-state index contributed by atoms with van der Waals surface area (Å²) in [5.41, 5.74) is 7.98. The van der Waals surface area contributed by atoms with Crippen molar-refractivity contribution in [1.29, 1.82) is 0 Å². The predicted molar refractivity (Wildman–Crippen MR) is 211 cm³/mol. The summed E-state index contributed by atoms with van der Waals surface area (Å²) in [4.78, 5) is 24.5. The SMILES string of the molecule is O=C1/C(=N/Nc2cccc3ccccc23)C=Cc2c1cccc2S(=O)(=O)[O-].O=C1/C(=N/Nc2cccc3ccccc23)C=Cc2c1cccc2S(=O)(=O)[O-].[Ca+2]. The van der Waals surface area contributed by atoms with Crippen LogP contribution in [0, 0.1) is 0 Å². The van der Waals surface area contributed by atoms with Crippen LogP contribution in [0.15, 0.2) is 153 Å². The first-order chi connectivity index (χ1) is 25.9. The monoisotopic (exact) mass is 794 g/mol. The fraction of sp³-hybridized carbons (Fsp3) is 0. The largest absolute Gasteiger partial charge is 2.00 e. The van der Waals surface area contributed by atoms with Crippen molar-refractivity contribution >= 4 is 126 Å². The van der Waals surface area contributed by atoms with E-state index in [9.17, 15) is 35.5 Å². The molecule has 0 saturated heterocycles. The number of carbonyl (C=O) groups is 2. The molecule has 6 aromatic carbocycles. The summed E-state index contributed by atoms with van der Waals surface area (Å²) in [6.45, 7) is 0. The Bertz CT molecular complexity index is 2680. The number of allylic oxidation sites excluding steroid dienone is 2. The molecule has 268 valence electrons.